The minimum absolute atomic E-state index is 0.0868. The van der Waals surface area contributed by atoms with Gasteiger partial charge in [-0.2, -0.15) is 0 Å². The molecule has 12 heavy (non-hydrogen) atoms. The predicted molar refractivity (Wildman–Crippen MR) is 47.0 cm³/mol. The molecule has 0 radical (unpaired) electrons. The van der Waals surface area contributed by atoms with Crippen LogP contribution in [0.3, 0.4) is 0 Å². The largest absolute Gasteiger partial charge is 0.508 e. The molecule has 0 N–H and O–H groups in total. The van der Waals surface area contributed by atoms with E-state index >= 15 is 0 Å². The zero-order valence-corrected chi connectivity index (χ0v) is 8.46. The first-order valence-electron chi connectivity index (χ1n) is 4.30. The van der Waals surface area contributed by atoms with Crippen molar-refractivity contribution in [2.24, 2.45) is 5.92 Å². The Morgan fingerprint density at radius 2 is 1.50 bits per heavy atom. The lowest BCUT2D eigenvalue weighted by Crippen LogP contribution is -2.22. The molecule has 0 aromatic rings. The molecule has 72 valence electrons. The highest BCUT2D eigenvalue weighted by Crippen LogP contribution is 2.06. The van der Waals surface area contributed by atoms with Gasteiger partial charge in [-0.3, -0.25) is 0 Å². The maximum atomic E-state index is 10.9. The van der Waals surface area contributed by atoms with Crippen molar-refractivity contribution in [1.29, 1.82) is 0 Å². The molecular weight excluding hydrogens is 156 g/mol. The quantitative estimate of drug-likeness (QED) is 0.617. The average Bonchev–Trinajstić information content (AvgIpc) is 1.84. The number of ether oxygens (including phenoxy) is 2. The standard InChI is InChI=1S/C9H18O3/c1-6(2)8(5)12-9(10)11-7(3)4/h6-8H,1-5H3. The second-order valence-corrected chi connectivity index (χ2v) is 3.48. The van der Waals surface area contributed by atoms with E-state index in [0.717, 1.165) is 0 Å². The van der Waals surface area contributed by atoms with Crippen LogP contribution < -0.4 is 0 Å². The summed E-state index contributed by atoms with van der Waals surface area (Å²) in [6.45, 7) is 9.43. The smallest absolute Gasteiger partial charge is 0.432 e. The summed E-state index contributed by atoms with van der Waals surface area (Å²) in [4.78, 5) is 10.9. The van der Waals surface area contributed by atoms with Gasteiger partial charge in [0.1, 0.15) is 6.10 Å². The Bertz CT molecular complexity index is 141. The van der Waals surface area contributed by atoms with Crippen LogP contribution >= 0.6 is 0 Å². The van der Waals surface area contributed by atoms with E-state index in [9.17, 15) is 4.79 Å². The van der Waals surface area contributed by atoms with Gasteiger partial charge in [-0.25, -0.2) is 4.79 Å². The zero-order valence-electron chi connectivity index (χ0n) is 8.46. The van der Waals surface area contributed by atoms with Crippen LogP contribution in [0.25, 0.3) is 0 Å². The Kier molecular flexibility index (Phi) is 4.71. The minimum Gasteiger partial charge on any atom is -0.432 e. The molecule has 3 heteroatoms. The summed E-state index contributed by atoms with van der Waals surface area (Å²) in [6.07, 6.45) is -0.778. The van der Waals surface area contributed by atoms with E-state index in [0.29, 0.717) is 5.92 Å². The maximum Gasteiger partial charge on any atom is 0.508 e. The Balaban J connectivity index is 3.69. The monoisotopic (exact) mass is 174 g/mol. The lowest BCUT2D eigenvalue weighted by Gasteiger charge is -2.17. The summed E-state index contributed by atoms with van der Waals surface area (Å²) in [5, 5.41) is 0. The van der Waals surface area contributed by atoms with E-state index in [1.54, 1.807) is 13.8 Å². The summed E-state index contributed by atoms with van der Waals surface area (Å²) in [7, 11) is 0. The van der Waals surface area contributed by atoms with Crippen molar-refractivity contribution in [3.8, 4) is 0 Å². The molecule has 1 atom stereocenters. The second kappa shape index (κ2) is 5.01. The third-order valence-electron chi connectivity index (χ3n) is 1.55. The molecule has 0 rings (SSSR count). The topological polar surface area (TPSA) is 35.5 Å². The molecule has 0 aromatic heterocycles. The van der Waals surface area contributed by atoms with E-state index in [1.165, 1.54) is 0 Å². The van der Waals surface area contributed by atoms with Crippen LogP contribution in [0.5, 0.6) is 0 Å². The predicted octanol–water partition coefficient (Wildman–Crippen LogP) is 2.59. The molecule has 3 nitrogen and oxygen atoms in total. The third kappa shape index (κ3) is 4.99. The van der Waals surface area contributed by atoms with Crippen molar-refractivity contribution < 1.29 is 14.3 Å². The highest BCUT2D eigenvalue weighted by molar-refractivity contribution is 5.60. The fourth-order valence-electron chi connectivity index (χ4n) is 0.508. The molecule has 0 fully saturated rings. The molecule has 0 aliphatic heterocycles. The van der Waals surface area contributed by atoms with Crippen molar-refractivity contribution in [3.05, 3.63) is 0 Å². The van der Waals surface area contributed by atoms with Gasteiger partial charge < -0.3 is 9.47 Å². The molecule has 0 bridgehead atoms. The fourth-order valence-corrected chi connectivity index (χ4v) is 0.508. The lowest BCUT2D eigenvalue weighted by atomic mass is 10.1. The number of hydrogen-bond donors (Lipinski definition) is 0. The summed E-state index contributed by atoms with van der Waals surface area (Å²) in [5.41, 5.74) is 0. The van der Waals surface area contributed by atoms with Crippen LogP contribution in [0.15, 0.2) is 0 Å². The van der Waals surface area contributed by atoms with E-state index < -0.39 is 6.16 Å². The SMILES string of the molecule is CC(C)OC(=O)OC(C)C(C)C. The van der Waals surface area contributed by atoms with Gasteiger partial charge >= 0.3 is 6.16 Å². The summed E-state index contributed by atoms with van der Waals surface area (Å²) in [6, 6.07) is 0. The highest BCUT2D eigenvalue weighted by atomic mass is 16.7. The van der Waals surface area contributed by atoms with E-state index in [2.05, 4.69) is 0 Å². The molecule has 0 amide bonds. The Morgan fingerprint density at radius 3 is 1.83 bits per heavy atom. The van der Waals surface area contributed by atoms with Gasteiger partial charge in [-0.05, 0) is 26.7 Å². The Morgan fingerprint density at radius 1 is 1.00 bits per heavy atom. The van der Waals surface area contributed by atoms with Crippen molar-refractivity contribution in [1.82, 2.24) is 0 Å². The van der Waals surface area contributed by atoms with E-state index in [1.807, 2.05) is 20.8 Å². The lowest BCUT2D eigenvalue weighted by molar-refractivity contribution is -0.000244. The van der Waals surface area contributed by atoms with Gasteiger partial charge in [0.25, 0.3) is 0 Å². The van der Waals surface area contributed by atoms with Crippen LogP contribution in [0, 0.1) is 5.92 Å². The van der Waals surface area contributed by atoms with Crippen LogP contribution in [0.1, 0.15) is 34.6 Å². The van der Waals surface area contributed by atoms with Crippen molar-refractivity contribution in [2.45, 2.75) is 46.8 Å². The third-order valence-corrected chi connectivity index (χ3v) is 1.55. The highest BCUT2D eigenvalue weighted by Gasteiger charge is 2.14. The van der Waals surface area contributed by atoms with Crippen LogP contribution in [-0.4, -0.2) is 18.4 Å². The molecule has 0 aromatic carbocycles. The number of carbonyl (C=O) groups is 1. The summed E-state index contributed by atoms with van der Waals surface area (Å²) >= 11 is 0. The van der Waals surface area contributed by atoms with Crippen LogP contribution in [-0.2, 0) is 9.47 Å². The van der Waals surface area contributed by atoms with Crippen molar-refractivity contribution >= 4 is 6.16 Å². The average molecular weight is 174 g/mol. The first kappa shape index (κ1) is 11.3. The number of carbonyl (C=O) groups excluding carboxylic acids is 1. The first-order chi connectivity index (χ1) is 5.43. The normalized spacial score (nSPS) is 13.2. The van der Waals surface area contributed by atoms with Gasteiger partial charge in [0.15, 0.2) is 0 Å². The zero-order chi connectivity index (χ0) is 9.72. The van der Waals surface area contributed by atoms with Gasteiger partial charge in [0.05, 0.1) is 6.10 Å². The number of rotatable bonds is 3. The fraction of sp³-hybridized carbons (Fsp3) is 0.889. The van der Waals surface area contributed by atoms with Gasteiger partial charge in [-0.1, -0.05) is 13.8 Å². The van der Waals surface area contributed by atoms with Gasteiger partial charge in [0.2, 0.25) is 0 Å². The van der Waals surface area contributed by atoms with Gasteiger partial charge in [-0.15, -0.1) is 0 Å². The molecule has 0 aliphatic carbocycles. The van der Waals surface area contributed by atoms with Crippen LogP contribution in [0.2, 0.25) is 0 Å². The van der Waals surface area contributed by atoms with Crippen molar-refractivity contribution in [3.63, 3.8) is 0 Å². The maximum absolute atomic E-state index is 10.9. The number of hydrogen-bond acceptors (Lipinski definition) is 3. The Labute approximate surface area is 74.0 Å². The molecule has 1 unspecified atom stereocenters. The van der Waals surface area contributed by atoms with E-state index in [4.69, 9.17) is 9.47 Å². The molecule has 0 saturated heterocycles. The molecule has 0 aliphatic rings. The van der Waals surface area contributed by atoms with Crippen LogP contribution in [0.4, 0.5) is 4.79 Å². The van der Waals surface area contributed by atoms with Gasteiger partial charge in [0, 0.05) is 0 Å². The van der Waals surface area contributed by atoms with E-state index in [-0.39, 0.29) is 12.2 Å². The molecule has 0 saturated carbocycles. The minimum atomic E-state index is -0.578. The molecule has 0 spiro atoms. The second-order valence-electron chi connectivity index (χ2n) is 3.48. The molecule has 0 heterocycles. The van der Waals surface area contributed by atoms with Crippen molar-refractivity contribution in [2.75, 3.05) is 0 Å². The Hall–Kier alpha value is -0.730. The molecular formula is C9H18O3. The summed E-state index contributed by atoms with van der Waals surface area (Å²) in [5.74, 6) is 0.324. The first-order valence-corrected chi connectivity index (χ1v) is 4.30. The summed E-state index contributed by atoms with van der Waals surface area (Å²) < 4.78 is 9.77.